The van der Waals surface area contributed by atoms with E-state index in [4.69, 9.17) is 17.3 Å². The van der Waals surface area contributed by atoms with E-state index in [2.05, 4.69) is 4.98 Å². The van der Waals surface area contributed by atoms with Gasteiger partial charge in [-0.2, -0.15) is 0 Å². The molecule has 1 heterocycles. The average molecular weight is 223 g/mol. The first-order valence-corrected chi connectivity index (χ1v) is 4.71. The zero-order valence-electron chi connectivity index (χ0n) is 7.74. The van der Waals surface area contributed by atoms with Crippen LogP contribution in [-0.4, -0.2) is 4.98 Å². The minimum atomic E-state index is -0.402. The maximum absolute atomic E-state index is 13.5. The van der Waals surface area contributed by atoms with Gasteiger partial charge < -0.3 is 5.73 Å². The van der Waals surface area contributed by atoms with E-state index in [9.17, 15) is 4.39 Å². The number of aromatic nitrogens is 1. The fourth-order valence-corrected chi connectivity index (χ4v) is 1.45. The molecule has 76 valence electrons. The SMILES string of the molecule is Nc1ccnc(-c2ccc(Cl)cc2F)c1. The van der Waals surface area contributed by atoms with E-state index in [1.807, 2.05) is 0 Å². The van der Waals surface area contributed by atoms with Crippen molar-refractivity contribution in [3.05, 3.63) is 47.4 Å². The van der Waals surface area contributed by atoms with E-state index in [0.29, 0.717) is 22.0 Å². The van der Waals surface area contributed by atoms with Crippen molar-refractivity contribution in [1.82, 2.24) is 4.98 Å². The number of hydrogen-bond donors (Lipinski definition) is 1. The lowest BCUT2D eigenvalue weighted by Crippen LogP contribution is -1.90. The predicted octanol–water partition coefficient (Wildman–Crippen LogP) is 3.12. The second kappa shape index (κ2) is 3.87. The number of hydrogen-bond acceptors (Lipinski definition) is 2. The molecule has 2 N–H and O–H groups in total. The van der Waals surface area contributed by atoms with Crippen molar-refractivity contribution < 1.29 is 4.39 Å². The molecule has 0 aliphatic carbocycles. The van der Waals surface area contributed by atoms with E-state index in [1.54, 1.807) is 30.5 Å². The summed E-state index contributed by atoms with van der Waals surface area (Å²) in [7, 11) is 0. The molecular formula is C11H8ClFN2. The minimum Gasteiger partial charge on any atom is -0.399 e. The summed E-state index contributed by atoms with van der Waals surface area (Å²) in [6.45, 7) is 0. The number of halogens is 2. The third kappa shape index (κ3) is 2.07. The van der Waals surface area contributed by atoms with Crippen LogP contribution in [0.25, 0.3) is 11.3 Å². The van der Waals surface area contributed by atoms with Crippen LogP contribution in [0.5, 0.6) is 0 Å². The van der Waals surface area contributed by atoms with Gasteiger partial charge in [0.25, 0.3) is 0 Å². The number of nitrogens with zero attached hydrogens (tertiary/aromatic N) is 1. The molecule has 0 aliphatic rings. The van der Waals surface area contributed by atoms with Crippen molar-refractivity contribution in [3.63, 3.8) is 0 Å². The first-order valence-electron chi connectivity index (χ1n) is 4.34. The van der Waals surface area contributed by atoms with Crippen molar-refractivity contribution in [2.75, 3.05) is 5.73 Å². The van der Waals surface area contributed by atoms with Crippen LogP contribution in [0.3, 0.4) is 0 Å². The Balaban J connectivity index is 2.54. The highest BCUT2D eigenvalue weighted by atomic mass is 35.5. The normalized spacial score (nSPS) is 10.3. The van der Waals surface area contributed by atoms with Crippen molar-refractivity contribution in [1.29, 1.82) is 0 Å². The third-order valence-corrected chi connectivity index (χ3v) is 2.23. The highest BCUT2D eigenvalue weighted by Crippen LogP contribution is 2.24. The van der Waals surface area contributed by atoms with Crippen LogP contribution in [0.1, 0.15) is 0 Å². The van der Waals surface area contributed by atoms with Gasteiger partial charge in [-0.1, -0.05) is 11.6 Å². The van der Waals surface area contributed by atoms with Crippen LogP contribution >= 0.6 is 11.6 Å². The molecule has 15 heavy (non-hydrogen) atoms. The third-order valence-electron chi connectivity index (χ3n) is 1.99. The summed E-state index contributed by atoms with van der Waals surface area (Å²) < 4.78 is 13.5. The number of anilines is 1. The van der Waals surface area contributed by atoms with Gasteiger partial charge in [0.05, 0.1) is 5.69 Å². The topological polar surface area (TPSA) is 38.9 Å². The van der Waals surface area contributed by atoms with Crippen LogP contribution in [0, 0.1) is 5.82 Å². The average Bonchev–Trinajstić information content (AvgIpc) is 2.17. The Morgan fingerprint density at radius 1 is 1.20 bits per heavy atom. The lowest BCUT2D eigenvalue weighted by Gasteiger charge is -2.03. The van der Waals surface area contributed by atoms with Crippen molar-refractivity contribution in [2.45, 2.75) is 0 Å². The van der Waals surface area contributed by atoms with Crippen molar-refractivity contribution in [3.8, 4) is 11.3 Å². The first-order chi connectivity index (χ1) is 7.16. The van der Waals surface area contributed by atoms with E-state index >= 15 is 0 Å². The molecule has 0 bridgehead atoms. The molecule has 1 aromatic carbocycles. The van der Waals surface area contributed by atoms with Gasteiger partial charge in [-0.15, -0.1) is 0 Å². The molecule has 0 radical (unpaired) electrons. The first kappa shape index (κ1) is 9.93. The maximum Gasteiger partial charge on any atom is 0.134 e. The number of nitrogen functional groups attached to an aromatic ring is 1. The standard InChI is InChI=1S/C11H8ClFN2/c12-7-1-2-9(10(13)5-7)11-6-8(14)3-4-15-11/h1-6H,(H2,14,15). The summed E-state index contributed by atoms with van der Waals surface area (Å²) in [6.07, 6.45) is 1.54. The molecule has 0 amide bonds. The Bertz CT molecular complexity index is 500. The minimum absolute atomic E-state index is 0.361. The fourth-order valence-electron chi connectivity index (χ4n) is 1.29. The number of rotatable bonds is 1. The summed E-state index contributed by atoms with van der Waals surface area (Å²) in [5.41, 5.74) is 7.04. The molecule has 0 fully saturated rings. The van der Waals surface area contributed by atoms with Gasteiger partial charge in [0, 0.05) is 22.5 Å². The summed E-state index contributed by atoms with van der Waals surface area (Å²) in [5, 5.41) is 0.361. The van der Waals surface area contributed by atoms with Gasteiger partial charge in [0.2, 0.25) is 0 Å². The highest BCUT2D eigenvalue weighted by Gasteiger charge is 2.06. The van der Waals surface area contributed by atoms with Gasteiger partial charge in [-0.3, -0.25) is 4.98 Å². The number of nitrogens with two attached hydrogens (primary N) is 1. The van der Waals surface area contributed by atoms with Gasteiger partial charge in [-0.25, -0.2) is 4.39 Å². The Morgan fingerprint density at radius 3 is 2.67 bits per heavy atom. The maximum atomic E-state index is 13.5. The molecular weight excluding hydrogens is 215 g/mol. The van der Waals surface area contributed by atoms with Crippen LogP contribution < -0.4 is 5.73 Å². The molecule has 0 saturated heterocycles. The van der Waals surface area contributed by atoms with Gasteiger partial charge in [0.15, 0.2) is 0 Å². The number of benzene rings is 1. The molecule has 0 spiro atoms. The molecule has 1 aromatic heterocycles. The summed E-state index contributed by atoms with van der Waals surface area (Å²) >= 11 is 5.65. The van der Waals surface area contributed by atoms with Crippen LogP contribution in [0.2, 0.25) is 5.02 Å². The second-order valence-electron chi connectivity index (χ2n) is 3.10. The Morgan fingerprint density at radius 2 is 2.00 bits per heavy atom. The highest BCUT2D eigenvalue weighted by molar-refractivity contribution is 6.30. The molecule has 0 saturated carbocycles. The van der Waals surface area contributed by atoms with Gasteiger partial charge >= 0.3 is 0 Å². The monoisotopic (exact) mass is 222 g/mol. The summed E-state index contributed by atoms with van der Waals surface area (Å²) in [5.74, 6) is -0.402. The predicted molar refractivity (Wildman–Crippen MR) is 59.1 cm³/mol. The van der Waals surface area contributed by atoms with Crippen LogP contribution in [0.15, 0.2) is 36.5 Å². The van der Waals surface area contributed by atoms with Crippen LogP contribution in [-0.2, 0) is 0 Å². The molecule has 2 rings (SSSR count). The Kier molecular flexibility index (Phi) is 2.56. The fraction of sp³-hybridized carbons (Fsp3) is 0. The molecule has 0 aliphatic heterocycles. The zero-order valence-corrected chi connectivity index (χ0v) is 8.50. The van der Waals surface area contributed by atoms with Crippen molar-refractivity contribution in [2.24, 2.45) is 0 Å². The van der Waals surface area contributed by atoms with E-state index in [1.165, 1.54) is 6.07 Å². The quantitative estimate of drug-likeness (QED) is 0.805. The summed E-state index contributed by atoms with van der Waals surface area (Å²) in [6, 6.07) is 7.72. The van der Waals surface area contributed by atoms with E-state index < -0.39 is 5.82 Å². The van der Waals surface area contributed by atoms with Crippen LogP contribution in [0.4, 0.5) is 10.1 Å². The zero-order chi connectivity index (χ0) is 10.8. The lowest BCUT2D eigenvalue weighted by atomic mass is 10.1. The van der Waals surface area contributed by atoms with E-state index in [-0.39, 0.29) is 0 Å². The molecule has 0 unspecified atom stereocenters. The lowest BCUT2D eigenvalue weighted by molar-refractivity contribution is 0.631. The largest absolute Gasteiger partial charge is 0.399 e. The Hall–Kier alpha value is -1.61. The molecule has 4 heteroatoms. The molecule has 0 atom stereocenters. The second-order valence-corrected chi connectivity index (χ2v) is 3.54. The molecule has 2 nitrogen and oxygen atoms in total. The molecule has 2 aromatic rings. The van der Waals surface area contributed by atoms with E-state index in [0.717, 1.165) is 0 Å². The van der Waals surface area contributed by atoms with Gasteiger partial charge in [-0.05, 0) is 30.3 Å². The Labute approximate surface area is 91.5 Å². The number of pyridine rings is 1. The van der Waals surface area contributed by atoms with Crippen molar-refractivity contribution >= 4 is 17.3 Å². The van der Waals surface area contributed by atoms with Gasteiger partial charge in [0.1, 0.15) is 5.82 Å². The smallest absolute Gasteiger partial charge is 0.134 e. The summed E-state index contributed by atoms with van der Waals surface area (Å²) in [4.78, 5) is 4.04.